The van der Waals surface area contributed by atoms with Gasteiger partial charge in [-0.25, -0.2) is 17.5 Å². The molecule has 0 radical (unpaired) electrons. The standard InChI is InChI=1S/C23H21FN4O4S/c1-3-19(14-4-9-22(21(29)10-14)33(2,31)32)27-23(30)18-11-25-13-20-17(18)12-26-28(20)16-7-5-15(24)6-8-16/h4-13,19,29H,3H2,1-2H3,(H,27,30). The van der Waals surface area contributed by atoms with E-state index in [1.165, 1.54) is 30.5 Å². The van der Waals surface area contributed by atoms with Gasteiger partial charge in [-0.15, -0.1) is 0 Å². The topological polar surface area (TPSA) is 114 Å². The molecule has 0 saturated carbocycles. The van der Waals surface area contributed by atoms with Crippen molar-refractivity contribution in [2.24, 2.45) is 0 Å². The predicted molar refractivity (Wildman–Crippen MR) is 121 cm³/mol. The van der Waals surface area contributed by atoms with Gasteiger partial charge in [-0.3, -0.25) is 9.78 Å². The van der Waals surface area contributed by atoms with Gasteiger partial charge < -0.3 is 10.4 Å². The van der Waals surface area contributed by atoms with Crippen LogP contribution in [0.4, 0.5) is 4.39 Å². The maximum atomic E-state index is 13.3. The molecule has 4 aromatic rings. The number of halogens is 1. The Hall–Kier alpha value is -3.79. The number of carbonyl (C=O) groups excluding carboxylic acids is 1. The number of aromatic hydroxyl groups is 1. The van der Waals surface area contributed by atoms with Crippen molar-refractivity contribution in [1.29, 1.82) is 0 Å². The Morgan fingerprint density at radius 1 is 1.15 bits per heavy atom. The number of sulfone groups is 1. The van der Waals surface area contributed by atoms with Crippen LogP contribution in [0.2, 0.25) is 0 Å². The molecule has 0 aliphatic rings. The molecule has 4 rings (SSSR count). The van der Waals surface area contributed by atoms with E-state index in [9.17, 15) is 22.7 Å². The first kappa shape index (κ1) is 22.4. The lowest BCUT2D eigenvalue weighted by Gasteiger charge is -2.18. The summed E-state index contributed by atoms with van der Waals surface area (Å²) < 4.78 is 38.3. The highest BCUT2D eigenvalue weighted by atomic mass is 32.2. The first-order valence-electron chi connectivity index (χ1n) is 10.1. The average Bonchev–Trinajstić information content (AvgIpc) is 3.21. The highest BCUT2D eigenvalue weighted by Gasteiger charge is 2.21. The molecule has 0 fully saturated rings. The van der Waals surface area contributed by atoms with E-state index >= 15 is 0 Å². The molecule has 2 aromatic carbocycles. The van der Waals surface area contributed by atoms with Gasteiger partial charge in [0.2, 0.25) is 0 Å². The fraction of sp³-hybridized carbons (Fsp3) is 0.174. The van der Waals surface area contributed by atoms with E-state index in [0.29, 0.717) is 34.1 Å². The van der Waals surface area contributed by atoms with Gasteiger partial charge in [0.15, 0.2) is 9.84 Å². The number of pyridine rings is 1. The first-order valence-corrected chi connectivity index (χ1v) is 12.0. The molecule has 8 nitrogen and oxygen atoms in total. The van der Waals surface area contributed by atoms with Crippen LogP contribution in [0.25, 0.3) is 16.6 Å². The van der Waals surface area contributed by atoms with Crippen molar-refractivity contribution < 1.29 is 22.7 Å². The number of hydrogen-bond acceptors (Lipinski definition) is 6. The normalized spacial score (nSPS) is 12.6. The molecular formula is C23H21FN4O4S. The summed E-state index contributed by atoms with van der Waals surface area (Å²) in [6, 6.07) is 9.56. The molecule has 0 saturated heterocycles. The number of rotatable bonds is 6. The Kier molecular flexibility index (Phi) is 5.86. The number of carbonyl (C=O) groups is 1. The van der Waals surface area contributed by atoms with Gasteiger partial charge in [0.1, 0.15) is 16.5 Å². The molecule has 33 heavy (non-hydrogen) atoms. The highest BCUT2D eigenvalue weighted by Crippen LogP contribution is 2.28. The minimum atomic E-state index is -3.57. The molecule has 0 spiro atoms. The average molecular weight is 469 g/mol. The summed E-state index contributed by atoms with van der Waals surface area (Å²) >= 11 is 0. The zero-order valence-electron chi connectivity index (χ0n) is 17.9. The molecule has 0 aliphatic heterocycles. The van der Waals surface area contributed by atoms with Crippen LogP contribution in [-0.2, 0) is 9.84 Å². The van der Waals surface area contributed by atoms with E-state index in [2.05, 4.69) is 15.4 Å². The number of nitrogens with one attached hydrogen (secondary N) is 1. The van der Waals surface area contributed by atoms with Crippen molar-refractivity contribution in [3.05, 3.63) is 78.0 Å². The van der Waals surface area contributed by atoms with Crippen LogP contribution >= 0.6 is 0 Å². The van der Waals surface area contributed by atoms with Crippen molar-refractivity contribution in [2.45, 2.75) is 24.3 Å². The molecule has 10 heteroatoms. The van der Waals surface area contributed by atoms with Crippen molar-refractivity contribution in [3.63, 3.8) is 0 Å². The molecule has 1 unspecified atom stereocenters. The minimum absolute atomic E-state index is 0.172. The molecule has 170 valence electrons. The number of hydrogen-bond donors (Lipinski definition) is 2. The molecule has 2 N–H and O–H groups in total. The fourth-order valence-electron chi connectivity index (χ4n) is 3.63. The van der Waals surface area contributed by atoms with Crippen LogP contribution in [-0.4, -0.2) is 40.5 Å². The second-order valence-corrected chi connectivity index (χ2v) is 9.57. The number of phenols is 1. The summed E-state index contributed by atoms with van der Waals surface area (Å²) in [4.78, 5) is 17.1. The van der Waals surface area contributed by atoms with Crippen LogP contribution in [0.1, 0.15) is 35.3 Å². The van der Waals surface area contributed by atoms with E-state index in [0.717, 1.165) is 6.26 Å². The third-order valence-electron chi connectivity index (χ3n) is 5.31. The van der Waals surface area contributed by atoms with Crippen LogP contribution < -0.4 is 5.32 Å². The molecule has 2 heterocycles. The second-order valence-electron chi connectivity index (χ2n) is 7.59. The van der Waals surface area contributed by atoms with Crippen LogP contribution in [0, 0.1) is 5.82 Å². The molecule has 2 aromatic heterocycles. The van der Waals surface area contributed by atoms with Crippen LogP contribution in [0.5, 0.6) is 5.75 Å². The van der Waals surface area contributed by atoms with E-state index < -0.39 is 21.8 Å². The largest absolute Gasteiger partial charge is 0.507 e. The van der Waals surface area contributed by atoms with Crippen LogP contribution in [0.3, 0.4) is 0 Å². The molecular weight excluding hydrogens is 447 g/mol. The summed E-state index contributed by atoms with van der Waals surface area (Å²) in [5.41, 5.74) is 2.07. The van der Waals surface area contributed by atoms with Gasteiger partial charge in [-0.1, -0.05) is 13.0 Å². The summed E-state index contributed by atoms with van der Waals surface area (Å²) in [5, 5.41) is 18.0. The van der Waals surface area contributed by atoms with Gasteiger partial charge in [-0.05, 0) is 48.4 Å². The van der Waals surface area contributed by atoms with E-state index in [1.54, 1.807) is 35.3 Å². The first-order chi connectivity index (χ1) is 15.7. The Labute approximate surface area is 189 Å². The highest BCUT2D eigenvalue weighted by molar-refractivity contribution is 7.90. The maximum absolute atomic E-state index is 13.3. The van der Waals surface area contributed by atoms with Crippen molar-refractivity contribution in [1.82, 2.24) is 20.1 Å². The Balaban J connectivity index is 1.65. The molecule has 1 atom stereocenters. The summed E-state index contributed by atoms with van der Waals surface area (Å²) in [6.45, 7) is 1.86. The lowest BCUT2D eigenvalue weighted by Crippen LogP contribution is -2.28. The van der Waals surface area contributed by atoms with Crippen molar-refractivity contribution in [3.8, 4) is 11.4 Å². The van der Waals surface area contributed by atoms with E-state index in [1.807, 2.05) is 6.92 Å². The Morgan fingerprint density at radius 2 is 1.88 bits per heavy atom. The number of fused-ring (bicyclic) bond motifs is 1. The monoisotopic (exact) mass is 468 g/mol. The Bertz CT molecular complexity index is 1450. The SMILES string of the molecule is CCC(NC(=O)c1cncc2c1cnn2-c1ccc(F)cc1)c1ccc(S(C)(=O)=O)c(O)c1. The smallest absolute Gasteiger partial charge is 0.254 e. The third-order valence-corrected chi connectivity index (χ3v) is 6.46. The van der Waals surface area contributed by atoms with Crippen molar-refractivity contribution >= 4 is 26.6 Å². The molecule has 1 amide bonds. The van der Waals surface area contributed by atoms with Gasteiger partial charge >= 0.3 is 0 Å². The number of amides is 1. The zero-order valence-corrected chi connectivity index (χ0v) is 18.7. The number of aromatic nitrogens is 3. The molecule has 0 aliphatic carbocycles. The number of benzene rings is 2. The number of phenolic OH excluding ortho intramolecular Hbond substituents is 1. The third kappa shape index (κ3) is 4.42. The maximum Gasteiger partial charge on any atom is 0.254 e. The summed E-state index contributed by atoms with van der Waals surface area (Å²) in [7, 11) is -3.57. The number of nitrogens with zero attached hydrogens (tertiary/aromatic N) is 3. The Morgan fingerprint density at radius 3 is 2.52 bits per heavy atom. The minimum Gasteiger partial charge on any atom is -0.507 e. The summed E-state index contributed by atoms with van der Waals surface area (Å²) in [5.74, 6) is -1.13. The second kappa shape index (κ2) is 8.62. The van der Waals surface area contributed by atoms with Gasteiger partial charge in [0.05, 0.1) is 35.2 Å². The van der Waals surface area contributed by atoms with Gasteiger partial charge in [0.25, 0.3) is 5.91 Å². The van der Waals surface area contributed by atoms with Crippen LogP contribution in [0.15, 0.2) is 66.0 Å². The fourth-order valence-corrected chi connectivity index (χ4v) is 4.39. The molecule has 0 bridgehead atoms. The quantitative estimate of drug-likeness (QED) is 0.447. The van der Waals surface area contributed by atoms with Crippen molar-refractivity contribution in [2.75, 3.05) is 6.26 Å². The summed E-state index contributed by atoms with van der Waals surface area (Å²) in [6.07, 6.45) is 6.07. The lowest BCUT2D eigenvalue weighted by molar-refractivity contribution is 0.0936. The van der Waals surface area contributed by atoms with Gasteiger partial charge in [-0.2, -0.15) is 5.10 Å². The lowest BCUT2D eigenvalue weighted by atomic mass is 10.0. The predicted octanol–water partition coefficient (Wildman–Crippen LogP) is 3.55. The van der Waals surface area contributed by atoms with E-state index in [-0.39, 0.29) is 16.5 Å². The zero-order chi connectivity index (χ0) is 23.8. The van der Waals surface area contributed by atoms with Gasteiger partial charge in [0, 0.05) is 17.8 Å². The van der Waals surface area contributed by atoms with E-state index in [4.69, 9.17) is 0 Å².